The van der Waals surface area contributed by atoms with Gasteiger partial charge < -0.3 is 24.8 Å². The van der Waals surface area contributed by atoms with Crippen LogP contribution in [-0.2, 0) is 14.3 Å². The maximum atomic E-state index is 12.8. The average Bonchev–Trinajstić information content (AvgIpc) is 2.91. The Morgan fingerprint density at radius 2 is 1.45 bits per heavy atom. The second-order valence-corrected chi connectivity index (χ2v) is 8.20. The van der Waals surface area contributed by atoms with Crippen LogP contribution in [0.1, 0.15) is 47.4 Å². The Kier molecular flexibility index (Phi) is 10.4. The number of hydrogen-bond acceptors (Lipinski definition) is 7. The molecule has 0 unspecified atom stereocenters. The van der Waals surface area contributed by atoms with Gasteiger partial charge in [-0.15, -0.1) is 0 Å². The monoisotopic (exact) mass is 518 g/mol. The van der Waals surface area contributed by atoms with Gasteiger partial charge in [-0.1, -0.05) is 12.1 Å². The van der Waals surface area contributed by atoms with Gasteiger partial charge in [-0.3, -0.25) is 19.2 Å². The number of para-hydroxylation sites is 1. The van der Waals surface area contributed by atoms with E-state index in [0.717, 1.165) is 0 Å². The lowest BCUT2D eigenvalue weighted by Gasteiger charge is -2.12. The van der Waals surface area contributed by atoms with Crippen molar-refractivity contribution in [3.63, 3.8) is 0 Å². The smallest absolute Gasteiger partial charge is 0.306 e. The van der Waals surface area contributed by atoms with Gasteiger partial charge in [-0.2, -0.15) is 0 Å². The number of amides is 2. The minimum atomic E-state index is -0.568. The Morgan fingerprint density at radius 1 is 0.789 bits per heavy atom. The first-order valence-electron chi connectivity index (χ1n) is 12.2. The molecule has 38 heavy (non-hydrogen) atoms. The second kappa shape index (κ2) is 14.2. The zero-order chi connectivity index (χ0) is 27.3. The van der Waals surface area contributed by atoms with E-state index < -0.39 is 24.4 Å². The highest BCUT2D eigenvalue weighted by Crippen LogP contribution is 2.20. The third-order valence-corrected chi connectivity index (χ3v) is 5.29. The normalized spacial score (nSPS) is 10.3. The van der Waals surface area contributed by atoms with Crippen molar-refractivity contribution in [1.82, 2.24) is 0 Å². The molecule has 3 aromatic rings. The number of anilines is 2. The molecule has 0 atom stereocenters. The maximum absolute atomic E-state index is 12.8. The van der Waals surface area contributed by atoms with Crippen LogP contribution in [0.25, 0.3) is 0 Å². The summed E-state index contributed by atoms with van der Waals surface area (Å²) in [5.74, 6) is -0.260. The van der Waals surface area contributed by atoms with Gasteiger partial charge in [0.05, 0.1) is 24.5 Å². The fourth-order valence-electron chi connectivity index (χ4n) is 3.39. The minimum Gasteiger partial charge on any atom is -0.494 e. The highest BCUT2D eigenvalue weighted by Gasteiger charge is 2.15. The third-order valence-electron chi connectivity index (χ3n) is 5.29. The van der Waals surface area contributed by atoms with Gasteiger partial charge >= 0.3 is 5.97 Å². The predicted octanol–water partition coefficient (Wildman–Crippen LogP) is 4.88. The molecule has 3 aromatic carbocycles. The Hall–Kier alpha value is -4.66. The number of Topliss-reactive ketones (excluding diaryl/α,β-unsaturated/α-hetero) is 1. The highest BCUT2D eigenvalue weighted by atomic mass is 16.5. The summed E-state index contributed by atoms with van der Waals surface area (Å²) >= 11 is 0. The molecule has 0 saturated carbocycles. The third kappa shape index (κ3) is 8.77. The van der Waals surface area contributed by atoms with Crippen LogP contribution in [0.2, 0.25) is 0 Å². The summed E-state index contributed by atoms with van der Waals surface area (Å²) in [5, 5.41) is 5.40. The topological polar surface area (TPSA) is 120 Å². The first kappa shape index (κ1) is 27.9. The largest absolute Gasteiger partial charge is 0.494 e. The molecule has 9 heteroatoms. The van der Waals surface area contributed by atoms with E-state index in [1.54, 1.807) is 72.8 Å². The van der Waals surface area contributed by atoms with Crippen molar-refractivity contribution in [2.45, 2.75) is 26.7 Å². The molecule has 0 heterocycles. The Morgan fingerprint density at radius 3 is 2.13 bits per heavy atom. The van der Waals surface area contributed by atoms with E-state index in [1.165, 1.54) is 6.92 Å². The van der Waals surface area contributed by atoms with Gasteiger partial charge in [0.15, 0.2) is 12.4 Å². The van der Waals surface area contributed by atoms with Crippen molar-refractivity contribution in [1.29, 1.82) is 0 Å². The van der Waals surface area contributed by atoms with Crippen LogP contribution in [0, 0.1) is 0 Å². The number of ether oxygens (including phenoxy) is 3. The van der Waals surface area contributed by atoms with Gasteiger partial charge in [-0.25, -0.2) is 0 Å². The van der Waals surface area contributed by atoms with Gasteiger partial charge in [0.25, 0.3) is 11.8 Å². The average molecular weight is 519 g/mol. The first-order valence-corrected chi connectivity index (χ1v) is 12.2. The number of benzene rings is 3. The van der Waals surface area contributed by atoms with Crippen molar-refractivity contribution in [2.75, 3.05) is 30.5 Å². The predicted molar refractivity (Wildman–Crippen MR) is 143 cm³/mol. The van der Waals surface area contributed by atoms with Crippen LogP contribution in [0.15, 0.2) is 72.8 Å². The van der Waals surface area contributed by atoms with Crippen LogP contribution >= 0.6 is 0 Å². The van der Waals surface area contributed by atoms with E-state index in [0.29, 0.717) is 41.5 Å². The van der Waals surface area contributed by atoms with Crippen molar-refractivity contribution in [2.24, 2.45) is 0 Å². The zero-order valence-electron chi connectivity index (χ0n) is 21.3. The zero-order valence-corrected chi connectivity index (χ0v) is 21.3. The van der Waals surface area contributed by atoms with Crippen LogP contribution in [-0.4, -0.2) is 43.4 Å². The number of carbonyl (C=O) groups is 4. The molecular weight excluding hydrogens is 488 g/mol. The molecule has 2 N–H and O–H groups in total. The lowest BCUT2D eigenvalue weighted by molar-refractivity contribution is -0.147. The number of esters is 1. The molecule has 0 radical (unpaired) electrons. The minimum absolute atomic E-state index is 0.0287. The molecule has 198 valence electrons. The van der Waals surface area contributed by atoms with Crippen molar-refractivity contribution in [3.05, 3.63) is 83.9 Å². The number of ketones is 1. The summed E-state index contributed by atoms with van der Waals surface area (Å²) in [6.45, 7) is 3.71. The van der Waals surface area contributed by atoms with E-state index >= 15 is 0 Å². The van der Waals surface area contributed by atoms with Gasteiger partial charge in [0.1, 0.15) is 11.5 Å². The summed E-state index contributed by atoms with van der Waals surface area (Å²) in [4.78, 5) is 48.4. The second-order valence-electron chi connectivity index (χ2n) is 8.20. The fourth-order valence-corrected chi connectivity index (χ4v) is 3.39. The summed E-state index contributed by atoms with van der Waals surface area (Å²) in [7, 11) is 0. The maximum Gasteiger partial charge on any atom is 0.306 e. The number of rotatable bonds is 13. The van der Waals surface area contributed by atoms with E-state index in [9.17, 15) is 19.2 Å². The molecule has 9 nitrogen and oxygen atoms in total. The standard InChI is InChI=1S/C29H30N2O7/c1-3-36-23-16-12-22(13-17-23)30-29(35)25-7-4-5-8-26(25)31-27(33)19-38-28(34)9-6-18-37-24-14-10-21(11-15-24)20(2)32/h4-5,7-8,10-17H,3,6,9,18-19H2,1-2H3,(H,30,35)(H,31,33). The summed E-state index contributed by atoms with van der Waals surface area (Å²) < 4.78 is 16.0. The fraction of sp³-hybridized carbons (Fsp3) is 0.241. The van der Waals surface area contributed by atoms with Crippen LogP contribution in [0.5, 0.6) is 11.5 Å². The molecule has 0 saturated heterocycles. The van der Waals surface area contributed by atoms with Gasteiger partial charge in [0, 0.05) is 17.7 Å². The molecule has 0 fully saturated rings. The quantitative estimate of drug-likeness (QED) is 0.188. The van der Waals surface area contributed by atoms with Gasteiger partial charge in [-0.05, 0) is 80.9 Å². The first-order chi connectivity index (χ1) is 18.4. The lowest BCUT2D eigenvalue weighted by atomic mass is 10.1. The lowest BCUT2D eigenvalue weighted by Crippen LogP contribution is -2.23. The van der Waals surface area contributed by atoms with Crippen molar-refractivity contribution in [3.8, 4) is 11.5 Å². The Balaban J connectivity index is 1.42. The molecule has 0 aliphatic heterocycles. The van der Waals surface area contributed by atoms with Crippen molar-refractivity contribution < 1.29 is 33.4 Å². The number of nitrogens with one attached hydrogen (secondary N) is 2. The van der Waals surface area contributed by atoms with E-state index in [1.807, 2.05) is 6.92 Å². The van der Waals surface area contributed by atoms with E-state index in [2.05, 4.69) is 10.6 Å². The number of carbonyl (C=O) groups excluding carboxylic acids is 4. The SMILES string of the molecule is CCOc1ccc(NC(=O)c2ccccc2NC(=O)COC(=O)CCCOc2ccc(C(C)=O)cc2)cc1. The molecule has 0 bridgehead atoms. The molecular formula is C29H30N2O7. The highest BCUT2D eigenvalue weighted by molar-refractivity contribution is 6.10. The summed E-state index contributed by atoms with van der Waals surface area (Å²) in [6, 6.07) is 20.2. The Bertz CT molecular complexity index is 1250. The number of hydrogen-bond donors (Lipinski definition) is 2. The molecule has 0 spiro atoms. The van der Waals surface area contributed by atoms with Crippen LogP contribution < -0.4 is 20.1 Å². The molecule has 0 aromatic heterocycles. The summed E-state index contributed by atoms with van der Waals surface area (Å²) in [5.41, 5.74) is 1.72. The molecule has 2 amide bonds. The summed E-state index contributed by atoms with van der Waals surface area (Å²) in [6.07, 6.45) is 0.462. The molecule has 3 rings (SSSR count). The molecule has 0 aliphatic carbocycles. The Labute approximate surface area is 221 Å². The molecule has 0 aliphatic rings. The van der Waals surface area contributed by atoms with Gasteiger partial charge in [0.2, 0.25) is 0 Å². The van der Waals surface area contributed by atoms with Crippen LogP contribution in [0.3, 0.4) is 0 Å². The van der Waals surface area contributed by atoms with E-state index in [4.69, 9.17) is 14.2 Å². The van der Waals surface area contributed by atoms with Crippen molar-refractivity contribution >= 4 is 34.9 Å². The van der Waals surface area contributed by atoms with Crippen LogP contribution in [0.4, 0.5) is 11.4 Å². The van der Waals surface area contributed by atoms with E-state index in [-0.39, 0.29) is 24.4 Å².